The molecule has 174 valence electrons. The molecular formula is C22H23FN4O4S2. The molecule has 0 bridgehead atoms. The molecule has 2 aliphatic heterocycles. The molecule has 33 heavy (non-hydrogen) atoms. The number of nitrogens with zero attached hydrogens (tertiary/aromatic N) is 3. The van der Waals surface area contributed by atoms with E-state index in [1.165, 1.54) is 11.0 Å². The minimum Gasteiger partial charge on any atom is -0.442 e. The maximum atomic E-state index is 14.9. The summed E-state index contributed by atoms with van der Waals surface area (Å²) in [5.74, 6) is -0.514. The average molecular weight is 491 g/mol. The number of hydrogen-bond acceptors (Lipinski definition) is 6. The van der Waals surface area contributed by atoms with Gasteiger partial charge in [-0.05, 0) is 35.7 Å². The van der Waals surface area contributed by atoms with Crippen molar-refractivity contribution in [3.8, 4) is 0 Å². The van der Waals surface area contributed by atoms with Gasteiger partial charge in [-0.1, -0.05) is 18.7 Å². The second kappa shape index (κ2) is 10.3. The molecule has 0 radical (unpaired) electrons. The van der Waals surface area contributed by atoms with Gasteiger partial charge in [-0.15, -0.1) is 11.3 Å². The SMILES string of the molecule is O=C(S)NC[C@H]1CN(c2ccc(N3CCN(C(=O)/C=C/c4cccs4)CC3)c(F)c2)C(=O)O1. The van der Waals surface area contributed by atoms with E-state index in [2.05, 4.69) is 17.9 Å². The lowest BCUT2D eigenvalue weighted by molar-refractivity contribution is -0.126. The van der Waals surface area contributed by atoms with Gasteiger partial charge in [0.05, 0.1) is 24.5 Å². The maximum absolute atomic E-state index is 14.9. The van der Waals surface area contributed by atoms with E-state index in [-0.39, 0.29) is 19.0 Å². The molecule has 0 aliphatic carbocycles. The normalized spacial score (nSPS) is 18.7. The molecule has 3 amide bonds. The highest BCUT2D eigenvalue weighted by Gasteiger charge is 2.33. The van der Waals surface area contributed by atoms with Crippen LogP contribution in [0.2, 0.25) is 0 Å². The number of carbonyl (C=O) groups is 3. The second-order valence-electron chi connectivity index (χ2n) is 7.60. The fraction of sp³-hybridized carbons (Fsp3) is 0.318. The summed E-state index contributed by atoms with van der Waals surface area (Å²) in [6.45, 7) is 2.33. The van der Waals surface area contributed by atoms with Crippen molar-refractivity contribution < 1.29 is 23.5 Å². The molecule has 2 aromatic rings. The third-order valence-corrected chi connectivity index (χ3v) is 6.46. The summed E-state index contributed by atoms with van der Waals surface area (Å²) in [4.78, 5) is 41.5. The number of halogens is 1. The van der Waals surface area contributed by atoms with Crippen LogP contribution >= 0.6 is 24.0 Å². The van der Waals surface area contributed by atoms with Crippen molar-refractivity contribution in [2.75, 3.05) is 49.1 Å². The third-order valence-electron chi connectivity index (χ3n) is 5.46. The molecule has 4 rings (SSSR count). The van der Waals surface area contributed by atoms with E-state index in [1.54, 1.807) is 40.5 Å². The van der Waals surface area contributed by atoms with Crippen molar-refractivity contribution >= 4 is 58.7 Å². The number of rotatable bonds is 6. The van der Waals surface area contributed by atoms with Crippen molar-refractivity contribution in [3.05, 3.63) is 52.5 Å². The number of thiophene rings is 1. The Morgan fingerprint density at radius 3 is 2.70 bits per heavy atom. The summed E-state index contributed by atoms with van der Waals surface area (Å²) in [7, 11) is 0. The molecule has 0 spiro atoms. The van der Waals surface area contributed by atoms with E-state index >= 15 is 0 Å². The van der Waals surface area contributed by atoms with E-state index in [9.17, 15) is 18.8 Å². The Morgan fingerprint density at radius 2 is 2.03 bits per heavy atom. The van der Waals surface area contributed by atoms with Crippen LogP contribution in [-0.2, 0) is 9.53 Å². The van der Waals surface area contributed by atoms with Crippen LogP contribution in [0, 0.1) is 5.82 Å². The number of thiol groups is 1. The molecule has 0 saturated carbocycles. The molecule has 2 saturated heterocycles. The first kappa shape index (κ1) is 23.1. The number of ether oxygens (including phenoxy) is 1. The van der Waals surface area contributed by atoms with Crippen LogP contribution in [0.1, 0.15) is 4.88 Å². The number of hydrogen-bond donors (Lipinski definition) is 2. The number of amides is 3. The molecule has 0 unspecified atom stereocenters. The molecule has 1 aromatic heterocycles. The molecular weight excluding hydrogens is 467 g/mol. The number of anilines is 2. The molecule has 1 atom stereocenters. The predicted octanol–water partition coefficient (Wildman–Crippen LogP) is 3.21. The smallest absolute Gasteiger partial charge is 0.414 e. The van der Waals surface area contributed by atoms with Gasteiger partial charge in [-0.2, -0.15) is 0 Å². The first-order chi connectivity index (χ1) is 15.9. The summed E-state index contributed by atoms with van der Waals surface area (Å²) in [6.07, 6.45) is 2.25. The van der Waals surface area contributed by atoms with Gasteiger partial charge in [0, 0.05) is 37.1 Å². The Kier molecular flexibility index (Phi) is 7.19. The van der Waals surface area contributed by atoms with Gasteiger partial charge in [-0.25, -0.2) is 9.18 Å². The van der Waals surface area contributed by atoms with E-state index in [1.807, 2.05) is 22.4 Å². The van der Waals surface area contributed by atoms with E-state index in [0.717, 1.165) is 4.88 Å². The molecule has 8 nitrogen and oxygen atoms in total. The third kappa shape index (κ3) is 5.66. The predicted molar refractivity (Wildman–Crippen MR) is 129 cm³/mol. The van der Waals surface area contributed by atoms with Crippen molar-refractivity contribution in [2.24, 2.45) is 0 Å². The number of carbonyl (C=O) groups excluding carboxylic acids is 3. The monoisotopic (exact) mass is 490 g/mol. The largest absolute Gasteiger partial charge is 0.442 e. The maximum Gasteiger partial charge on any atom is 0.414 e. The Bertz CT molecular complexity index is 1050. The van der Waals surface area contributed by atoms with Crippen molar-refractivity contribution in [3.63, 3.8) is 0 Å². The lowest BCUT2D eigenvalue weighted by Gasteiger charge is -2.36. The zero-order chi connectivity index (χ0) is 23.4. The number of piperazine rings is 1. The lowest BCUT2D eigenvalue weighted by Crippen LogP contribution is -2.48. The van der Waals surface area contributed by atoms with Gasteiger partial charge in [0.15, 0.2) is 0 Å². The van der Waals surface area contributed by atoms with E-state index < -0.39 is 23.3 Å². The van der Waals surface area contributed by atoms with Crippen molar-refractivity contribution in [1.29, 1.82) is 0 Å². The van der Waals surface area contributed by atoms with Gasteiger partial charge in [-0.3, -0.25) is 14.5 Å². The van der Waals surface area contributed by atoms with Crippen molar-refractivity contribution in [2.45, 2.75) is 6.10 Å². The van der Waals surface area contributed by atoms with Crippen LogP contribution in [-0.4, -0.2) is 67.5 Å². The minimum atomic E-state index is -0.594. The Balaban J connectivity index is 1.34. The Morgan fingerprint density at radius 1 is 1.24 bits per heavy atom. The van der Waals surface area contributed by atoms with E-state index in [0.29, 0.717) is 37.6 Å². The zero-order valence-electron chi connectivity index (χ0n) is 17.6. The average Bonchev–Trinajstić information content (AvgIpc) is 3.45. The van der Waals surface area contributed by atoms with Crippen molar-refractivity contribution in [1.82, 2.24) is 10.2 Å². The topological polar surface area (TPSA) is 82.2 Å². The molecule has 3 heterocycles. The lowest BCUT2D eigenvalue weighted by atomic mass is 10.2. The molecule has 1 N–H and O–H groups in total. The van der Waals surface area contributed by atoms with Crippen LogP contribution in [0.15, 0.2) is 41.8 Å². The van der Waals surface area contributed by atoms with Gasteiger partial charge >= 0.3 is 6.09 Å². The summed E-state index contributed by atoms with van der Waals surface area (Å²) < 4.78 is 20.1. The zero-order valence-corrected chi connectivity index (χ0v) is 19.4. The minimum absolute atomic E-state index is 0.0601. The number of benzene rings is 1. The highest BCUT2D eigenvalue weighted by Crippen LogP contribution is 2.28. The van der Waals surface area contributed by atoms with Crippen LogP contribution in [0.3, 0.4) is 0 Å². The summed E-state index contributed by atoms with van der Waals surface area (Å²) in [5, 5.41) is 3.92. The van der Waals surface area contributed by atoms with Gasteiger partial charge in [0.2, 0.25) is 5.91 Å². The van der Waals surface area contributed by atoms with Gasteiger partial charge in [0.25, 0.3) is 5.24 Å². The van der Waals surface area contributed by atoms with Crippen LogP contribution in [0.5, 0.6) is 0 Å². The van der Waals surface area contributed by atoms with Gasteiger partial charge < -0.3 is 19.9 Å². The van der Waals surface area contributed by atoms with Crippen LogP contribution in [0.4, 0.5) is 25.4 Å². The summed E-state index contributed by atoms with van der Waals surface area (Å²) in [6, 6.07) is 8.48. The van der Waals surface area contributed by atoms with Gasteiger partial charge in [0.1, 0.15) is 11.9 Å². The second-order valence-corrected chi connectivity index (χ2v) is 8.98. The number of nitrogens with one attached hydrogen (secondary N) is 1. The fourth-order valence-corrected chi connectivity index (χ4v) is 4.48. The first-order valence-electron chi connectivity index (χ1n) is 10.4. The fourth-order valence-electron chi connectivity index (χ4n) is 3.77. The van der Waals surface area contributed by atoms with Crippen LogP contribution < -0.4 is 15.1 Å². The highest BCUT2D eigenvalue weighted by molar-refractivity contribution is 7.96. The Labute approximate surface area is 200 Å². The first-order valence-corrected chi connectivity index (χ1v) is 11.7. The number of cyclic esters (lactones) is 1. The molecule has 2 fully saturated rings. The summed E-state index contributed by atoms with van der Waals surface area (Å²) in [5.41, 5.74) is 0.805. The Hall–Kier alpha value is -3.05. The van der Waals surface area contributed by atoms with E-state index in [4.69, 9.17) is 4.74 Å². The molecule has 1 aromatic carbocycles. The molecule has 11 heteroatoms. The molecule has 2 aliphatic rings. The van der Waals surface area contributed by atoms with Crippen LogP contribution in [0.25, 0.3) is 6.08 Å². The highest BCUT2D eigenvalue weighted by atomic mass is 32.1. The summed E-state index contributed by atoms with van der Waals surface area (Å²) >= 11 is 5.18. The standard InChI is InChI=1S/C22H23FN4O4S2/c23-18-12-15(27-14-16(31-22(27)30)13-24-21(29)32)3-5-19(18)25-7-9-26(10-8-25)20(28)6-4-17-2-1-11-33-17/h1-6,11-12,16H,7-10,13-14H2,(H2,24,29,32)/b6-4+/t16-/m0/s1. The quantitative estimate of drug-likeness (QED) is 0.480.